The second-order valence-corrected chi connectivity index (χ2v) is 5.07. The summed E-state index contributed by atoms with van der Waals surface area (Å²) in [6, 6.07) is 0.654. The number of amides is 1. The number of rotatable bonds is 7. The van der Waals surface area contributed by atoms with Gasteiger partial charge in [-0.25, -0.2) is 0 Å². The third-order valence-electron chi connectivity index (χ3n) is 3.31. The summed E-state index contributed by atoms with van der Waals surface area (Å²) >= 11 is 0. The molecule has 0 atom stereocenters. The number of nitrogens with zero attached hydrogens (tertiary/aromatic N) is 2. The van der Waals surface area contributed by atoms with Gasteiger partial charge in [0, 0.05) is 52.2 Å². The molecule has 106 valence electrons. The van der Waals surface area contributed by atoms with E-state index in [1.54, 1.807) is 0 Å². The van der Waals surface area contributed by atoms with Crippen molar-refractivity contribution in [2.45, 2.75) is 26.8 Å². The van der Waals surface area contributed by atoms with E-state index in [9.17, 15) is 4.79 Å². The molecule has 18 heavy (non-hydrogen) atoms. The van der Waals surface area contributed by atoms with Crippen LogP contribution >= 0.6 is 0 Å². The molecule has 0 aliphatic carbocycles. The summed E-state index contributed by atoms with van der Waals surface area (Å²) < 4.78 is 5.49. The van der Waals surface area contributed by atoms with Crippen LogP contribution in [0.15, 0.2) is 0 Å². The lowest BCUT2D eigenvalue weighted by molar-refractivity contribution is -0.119. The van der Waals surface area contributed by atoms with Crippen LogP contribution in [0.4, 0.5) is 0 Å². The van der Waals surface area contributed by atoms with Crippen molar-refractivity contribution in [1.29, 1.82) is 0 Å². The van der Waals surface area contributed by atoms with Crippen molar-refractivity contribution >= 4 is 5.91 Å². The molecule has 1 fully saturated rings. The van der Waals surface area contributed by atoms with Crippen LogP contribution in [-0.4, -0.2) is 74.2 Å². The van der Waals surface area contributed by atoms with E-state index in [1.807, 2.05) is 0 Å². The van der Waals surface area contributed by atoms with Gasteiger partial charge in [0.25, 0.3) is 0 Å². The van der Waals surface area contributed by atoms with Gasteiger partial charge in [-0.05, 0) is 13.8 Å². The summed E-state index contributed by atoms with van der Waals surface area (Å²) in [6.45, 7) is 13.6. The number of piperazine rings is 1. The van der Waals surface area contributed by atoms with Crippen LogP contribution in [0.2, 0.25) is 0 Å². The largest absolute Gasteiger partial charge is 0.378 e. The lowest BCUT2D eigenvalue weighted by Gasteiger charge is -2.36. The summed E-state index contributed by atoms with van der Waals surface area (Å²) in [4.78, 5) is 15.6. The summed E-state index contributed by atoms with van der Waals surface area (Å²) in [7, 11) is 0. The zero-order valence-corrected chi connectivity index (χ0v) is 11.9. The molecule has 1 amide bonds. The molecule has 1 saturated heterocycles. The summed E-state index contributed by atoms with van der Waals surface area (Å²) in [5.74, 6) is 0.00315. The monoisotopic (exact) mass is 257 g/mol. The summed E-state index contributed by atoms with van der Waals surface area (Å²) in [6.07, 6.45) is 0. The highest BCUT2D eigenvalue weighted by molar-refractivity contribution is 5.72. The zero-order valence-electron chi connectivity index (χ0n) is 11.9. The van der Waals surface area contributed by atoms with Crippen LogP contribution in [0.5, 0.6) is 0 Å². The first-order valence-electron chi connectivity index (χ1n) is 6.88. The number of ether oxygens (including phenoxy) is 1. The number of nitrogens with one attached hydrogen (secondary N) is 1. The highest BCUT2D eigenvalue weighted by atomic mass is 16.5. The van der Waals surface area contributed by atoms with Crippen molar-refractivity contribution in [3.05, 3.63) is 0 Å². The van der Waals surface area contributed by atoms with E-state index < -0.39 is 0 Å². The minimum Gasteiger partial charge on any atom is -0.378 e. The maximum atomic E-state index is 10.6. The molecule has 1 aliphatic heterocycles. The zero-order chi connectivity index (χ0) is 13.4. The molecule has 1 aliphatic rings. The summed E-state index contributed by atoms with van der Waals surface area (Å²) in [5, 5.41) is 2.72. The third kappa shape index (κ3) is 6.33. The van der Waals surface area contributed by atoms with E-state index in [0.717, 1.165) is 39.3 Å². The lowest BCUT2D eigenvalue weighted by Crippen LogP contribution is -2.49. The minimum absolute atomic E-state index is 0.00315. The van der Waals surface area contributed by atoms with E-state index in [1.165, 1.54) is 6.92 Å². The van der Waals surface area contributed by atoms with Crippen LogP contribution in [0.25, 0.3) is 0 Å². The van der Waals surface area contributed by atoms with Crippen molar-refractivity contribution < 1.29 is 9.53 Å². The number of carbonyl (C=O) groups excluding carboxylic acids is 1. The standard InChI is InChI=1S/C13H27N3O2/c1-12(2)16-7-5-15(6-8-16)9-11-18-10-4-14-13(3)17/h12H,4-11H2,1-3H3,(H,14,17). The number of hydrogen-bond donors (Lipinski definition) is 1. The Morgan fingerprint density at radius 1 is 1.22 bits per heavy atom. The molecule has 0 aromatic carbocycles. The number of carbonyl (C=O) groups is 1. The van der Waals surface area contributed by atoms with Gasteiger partial charge in [0.1, 0.15) is 0 Å². The van der Waals surface area contributed by atoms with E-state index in [0.29, 0.717) is 19.2 Å². The lowest BCUT2D eigenvalue weighted by atomic mass is 10.2. The quantitative estimate of drug-likeness (QED) is 0.660. The van der Waals surface area contributed by atoms with Gasteiger partial charge in [-0.1, -0.05) is 0 Å². The van der Waals surface area contributed by atoms with Gasteiger partial charge in [0.05, 0.1) is 13.2 Å². The predicted octanol–water partition coefficient (Wildman–Crippen LogP) is 0.165. The molecule has 0 spiro atoms. The van der Waals surface area contributed by atoms with Crippen molar-refractivity contribution in [2.24, 2.45) is 0 Å². The van der Waals surface area contributed by atoms with Gasteiger partial charge in [-0.3, -0.25) is 14.6 Å². The Bertz CT molecular complexity index is 238. The highest BCUT2D eigenvalue weighted by Crippen LogP contribution is 2.05. The average Bonchev–Trinajstić information content (AvgIpc) is 2.34. The molecule has 0 saturated carbocycles. The van der Waals surface area contributed by atoms with E-state index in [-0.39, 0.29) is 5.91 Å². The van der Waals surface area contributed by atoms with Crippen LogP contribution < -0.4 is 5.32 Å². The van der Waals surface area contributed by atoms with Crippen LogP contribution in [0.1, 0.15) is 20.8 Å². The van der Waals surface area contributed by atoms with Gasteiger partial charge < -0.3 is 10.1 Å². The predicted molar refractivity (Wildman–Crippen MR) is 72.7 cm³/mol. The van der Waals surface area contributed by atoms with Crippen LogP contribution in [0.3, 0.4) is 0 Å². The fourth-order valence-electron chi connectivity index (χ4n) is 2.10. The van der Waals surface area contributed by atoms with Crippen LogP contribution in [-0.2, 0) is 9.53 Å². The molecule has 1 N–H and O–H groups in total. The van der Waals surface area contributed by atoms with E-state index >= 15 is 0 Å². The Labute approximate surface area is 110 Å². The van der Waals surface area contributed by atoms with Gasteiger partial charge in [-0.15, -0.1) is 0 Å². The Morgan fingerprint density at radius 2 is 1.89 bits per heavy atom. The molecule has 0 radical (unpaired) electrons. The SMILES string of the molecule is CC(=O)NCCOCCN1CCN(C(C)C)CC1. The first-order valence-corrected chi connectivity index (χ1v) is 6.88. The first kappa shape index (κ1) is 15.4. The molecular formula is C13H27N3O2. The van der Waals surface area contributed by atoms with Crippen LogP contribution in [0, 0.1) is 0 Å². The van der Waals surface area contributed by atoms with Gasteiger partial charge >= 0.3 is 0 Å². The first-order chi connectivity index (χ1) is 8.59. The topological polar surface area (TPSA) is 44.8 Å². The average molecular weight is 257 g/mol. The Kier molecular flexibility index (Phi) is 7.23. The molecule has 0 aromatic heterocycles. The van der Waals surface area contributed by atoms with Gasteiger partial charge in [-0.2, -0.15) is 0 Å². The second kappa shape index (κ2) is 8.45. The fraction of sp³-hybridized carbons (Fsp3) is 0.923. The molecule has 5 heteroatoms. The van der Waals surface area contributed by atoms with E-state index in [4.69, 9.17) is 4.74 Å². The third-order valence-corrected chi connectivity index (χ3v) is 3.31. The maximum Gasteiger partial charge on any atom is 0.216 e. The summed E-state index contributed by atoms with van der Waals surface area (Å²) in [5.41, 5.74) is 0. The van der Waals surface area contributed by atoms with E-state index in [2.05, 4.69) is 29.0 Å². The molecule has 1 heterocycles. The van der Waals surface area contributed by atoms with Crippen molar-refractivity contribution in [1.82, 2.24) is 15.1 Å². The molecule has 1 rings (SSSR count). The smallest absolute Gasteiger partial charge is 0.216 e. The molecule has 0 bridgehead atoms. The molecule has 0 aromatic rings. The highest BCUT2D eigenvalue weighted by Gasteiger charge is 2.17. The van der Waals surface area contributed by atoms with Crippen molar-refractivity contribution in [3.63, 3.8) is 0 Å². The Hall–Kier alpha value is -0.650. The molecule has 5 nitrogen and oxygen atoms in total. The molecule has 0 unspecified atom stereocenters. The molecular weight excluding hydrogens is 230 g/mol. The van der Waals surface area contributed by atoms with Gasteiger partial charge in [0.15, 0.2) is 0 Å². The normalized spacial score (nSPS) is 18.2. The Balaban J connectivity index is 1.96. The maximum absolute atomic E-state index is 10.6. The minimum atomic E-state index is 0.00315. The Morgan fingerprint density at radius 3 is 2.44 bits per heavy atom. The van der Waals surface area contributed by atoms with Gasteiger partial charge in [0.2, 0.25) is 5.91 Å². The van der Waals surface area contributed by atoms with Crippen molar-refractivity contribution in [3.8, 4) is 0 Å². The van der Waals surface area contributed by atoms with Crippen molar-refractivity contribution in [2.75, 3.05) is 52.5 Å². The number of hydrogen-bond acceptors (Lipinski definition) is 4. The second-order valence-electron chi connectivity index (χ2n) is 5.07. The fourth-order valence-corrected chi connectivity index (χ4v) is 2.10.